The van der Waals surface area contributed by atoms with Gasteiger partial charge in [0.25, 0.3) is 0 Å². The molecule has 1 N–H and O–H groups in total. The van der Waals surface area contributed by atoms with Gasteiger partial charge in [-0.25, -0.2) is 9.97 Å². The highest BCUT2D eigenvalue weighted by Crippen LogP contribution is 2.37. The van der Waals surface area contributed by atoms with Gasteiger partial charge in [-0.3, -0.25) is 4.98 Å². The molecule has 0 unspecified atom stereocenters. The quantitative estimate of drug-likeness (QED) is 0.457. The second-order valence-electron chi connectivity index (χ2n) is 10.6. The van der Waals surface area contributed by atoms with E-state index in [2.05, 4.69) is 85.8 Å². The first-order chi connectivity index (χ1) is 15.0. The monoisotopic (exact) mass is 448 g/mol. The third-order valence-corrected chi connectivity index (χ3v) is 7.54. The van der Waals surface area contributed by atoms with E-state index in [9.17, 15) is 0 Å². The number of fused-ring (bicyclic) bond motifs is 2. The van der Waals surface area contributed by atoms with Gasteiger partial charge in [0.2, 0.25) is 0 Å². The van der Waals surface area contributed by atoms with E-state index in [0.717, 1.165) is 51.7 Å². The number of pyridine rings is 2. The molecule has 5 rings (SSSR count). The van der Waals surface area contributed by atoms with Crippen LogP contribution in [0.5, 0.6) is 0 Å². The first kappa shape index (κ1) is 21.3. The van der Waals surface area contributed by atoms with Gasteiger partial charge in [-0.15, -0.1) is 0 Å². The molecule has 0 aromatic carbocycles. The van der Waals surface area contributed by atoms with Gasteiger partial charge >= 0.3 is 0 Å². The fourth-order valence-electron chi connectivity index (χ4n) is 5.36. The highest BCUT2D eigenvalue weighted by Gasteiger charge is 2.39. The molecule has 32 heavy (non-hydrogen) atoms. The average molecular weight is 449 g/mol. The summed E-state index contributed by atoms with van der Waals surface area (Å²) < 4.78 is 3.27. The zero-order valence-electron chi connectivity index (χ0n) is 20.0. The van der Waals surface area contributed by atoms with Crippen LogP contribution in [0.2, 0.25) is 0 Å². The minimum Gasteiger partial charge on any atom is -0.348 e. The summed E-state index contributed by atoms with van der Waals surface area (Å²) in [6, 6.07) is 4.79. The molecule has 0 saturated carbocycles. The molecule has 1 aliphatic rings. The summed E-state index contributed by atoms with van der Waals surface area (Å²) in [5.41, 5.74) is 6.41. The minimum atomic E-state index is 0.105. The summed E-state index contributed by atoms with van der Waals surface area (Å²) in [5, 5.41) is 4.84. The Balaban J connectivity index is 1.48. The SMILES string of the molecule is Cc1cn2cc(-c3cc4sc(N(C)C5CC(C)(C)NC(C)(C)C5)nc4cn3)cc(C)c2n1. The zero-order chi connectivity index (χ0) is 22.8. The van der Waals surface area contributed by atoms with Crippen LogP contribution < -0.4 is 10.2 Å². The highest BCUT2D eigenvalue weighted by atomic mass is 32.1. The van der Waals surface area contributed by atoms with Gasteiger partial charge in [-0.2, -0.15) is 0 Å². The Morgan fingerprint density at radius 3 is 2.50 bits per heavy atom. The number of hydrogen-bond acceptors (Lipinski definition) is 6. The maximum Gasteiger partial charge on any atom is 0.186 e. The van der Waals surface area contributed by atoms with Crippen molar-refractivity contribution in [3.8, 4) is 11.3 Å². The van der Waals surface area contributed by atoms with Crippen molar-refractivity contribution in [3.63, 3.8) is 0 Å². The Morgan fingerprint density at radius 1 is 1.06 bits per heavy atom. The zero-order valence-corrected chi connectivity index (χ0v) is 20.8. The van der Waals surface area contributed by atoms with Crippen molar-refractivity contribution in [1.82, 2.24) is 24.7 Å². The number of thiazole rings is 1. The van der Waals surface area contributed by atoms with Gasteiger partial charge in [0.15, 0.2) is 5.13 Å². The highest BCUT2D eigenvalue weighted by molar-refractivity contribution is 7.22. The molecule has 7 heteroatoms. The third-order valence-electron chi connectivity index (χ3n) is 6.43. The topological polar surface area (TPSA) is 58.4 Å². The summed E-state index contributed by atoms with van der Waals surface area (Å²) in [5.74, 6) is 0. The van der Waals surface area contributed by atoms with Crippen LogP contribution in [-0.4, -0.2) is 43.5 Å². The van der Waals surface area contributed by atoms with Crippen molar-refractivity contribution in [2.24, 2.45) is 0 Å². The Labute approximate surface area is 193 Å². The molecule has 0 spiro atoms. The Hall–Kier alpha value is -2.51. The van der Waals surface area contributed by atoms with Gasteiger partial charge in [0.05, 0.1) is 22.3 Å². The molecule has 0 amide bonds. The van der Waals surface area contributed by atoms with Crippen LogP contribution >= 0.6 is 11.3 Å². The first-order valence-corrected chi connectivity index (χ1v) is 12.1. The number of aryl methyl sites for hydroxylation is 2. The van der Waals surface area contributed by atoms with Crippen LogP contribution in [0.4, 0.5) is 5.13 Å². The Bertz CT molecular complexity index is 1300. The fourth-order valence-corrected chi connectivity index (χ4v) is 6.37. The number of imidazole rings is 1. The molecule has 0 atom stereocenters. The maximum absolute atomic E-state index is 4.94. The predicted molar refractivity (Wildman–Crippen MR) is 134 cm³/mol. The standard InChI is InChI=1S/C25H32N6S/c1-15-8-17(14-31-13-16(2)27-22(15)31)19-9-21-20(12-26-19)28-23(32-21)30(7)18-10-24(3,4)29-25(5,6)11-18/h8-9,12-14,18,29H,10-11H2,1-7H3. The Morgan fingerprint density at radius 2 is 1.78 bits per heavy atom. The fraction of sp³-hybridized carbons (Fsp3) is 0.480. The number of aromatic nitrogens is 4. The second-order valence-corrected chi connectivity index (χ2v) is 11.6. The van der Waals surface area contributed by atoms with Gasteiger partial charge < -0.3 is 14.6 Å². The number of piperidine rings is 1. The van der Waals surface area contributed by atoms with Crippen molar-refractivity contribution in [1.29, 1.82) is 0 Å². The number of rotatable bonds is 3. The van der Waals surface area contributed by atoms with E-state index in [-0.39, 0.29) is 11.1 Å². The number of nitrogens with zero attached hydrogens (tertiary/aromatic N) is 5. The van der Waals surface area contributed by atoms with Crippen LogP contribution in [-0.2, 0) is 0 Å². The Kier molecular flexibility index (Phi) is 4.84. The van der Waals surface area contributed by atoms with Crippen LogP contribution in [0.25, 0.3) is 27.1 Å². The summed E-state index contributed by atoms with van der Waals surface area (Å²) in [6.07, 6.45) is 8.27. The summed E-state index contributed by atoms with van der Waals surface area (Å²) >= 11 is 1.76. The van der Waals surface area contributed by atoms with Crippen molar-refractivity contribution in [2.75, 3.05) is 11.9 Å². The number of hydrogen-bond donors (Lipinski definition) is 1. The van der Waals surface area contributed by atoms with E-state index in [1.807, 2.05) is 13.1 Å². The maximum atomic E-state index is 4.94. The number of nitrogens with one attached hydrogen (secondary N) is 1. The second kappa shape index (κ2) is 7.25. The first-order valence-electron chi connectivity index (χ1n) is 11.2. The van der Waals surface area contributed by atoms with E-state index in [1.165, 1.54) is 4.70 Å². The van der Waals surface area contributed by atoms with E-state index in [0.29, 0.717) is 6.04 Å². The van der Waals surface area contributed by atoms with E-state index in [4.69, 9.17) is 9.97 Å². The molecular formula is C25H32N6S. The summed E-state index contributed by atoms with van der Waals surface area (Å²) in [6.45, 7) is 13.3. The summed E-state index contributed by atoms with van der Waals surface area (Å²) in [4.78, 5) is 16.7. The van der Waals surface area contributed by atoms with Crippen LogP contribution in [0.15, 0.2) is 30.7 Å². The molecule has 1 saturated heterocycles. The van der Waals surface area contributed by atoms with Crippen molar-refractivity contribution >= 4 is 32.3 Å². The van der Waals surface area contributed by atoms with Crippen LogP contribution in [0.3, 0.4) is 0 Å². The van der Waals surface area contributed by atoms with Crippen molar-refractivity contribution < 1.29 is 0 Å². The lowest BCUT2D eigenvalue weighted by Gasteiger charge is -2.48. The lowest BCUT2D eigenvalue weighted by atomic mass is 9.79. The molecule has 1 fully saturated rings. The molecule has 168 valence electrons. The largest absolute Gasteiger partial charge is 0.348 e. The average Bonchev–Trinajstić information content (AvgIpc) is 3.27. The molecule has 0 aliphatic carbocycles. The normalized spacial score (nSPS) is 18.5. The smallest absolute Gasteiger partial charge is 0.186 e. The van der Waals surface area contributed by atoms with E-state index >= 15 is 0 Å². The molecule has 6 nitrogen and oxygen atoms in total. The van der Waals surface area contributed by atoms with Gasteiger partial charge in [0, 0.05) is 42.1 Å². The van der Waals surface area contributed by atoms with E-state index in [1.54, 1.807) is 11.3 Å². The van der Waals surface area contributed by atoms with Gasteiger partial charge in [0.1, 0.15) is 11.2 Å². The molecule has 5 heterocycles. The minimum absolute atomic E-state index is 0.105. The third kappa shape index (κ3) is 3.88. The molecule has 1 aliphatic heterocycles. The van der Waals surface area contributed by atoms with E-state index < -0.39 is 0 Å². The van der Waals surface area contributed by atoms with Crippen LogP contribution in [0, 0.1) is 13.8 Å². The van der Waals surface area contributed by atoms with Crippen molar-refractivity contribution in [2.45, 2.75) is 71.5 Å². The summed E-state index contributed by atoms with van der Waals surface area (Å²) in [7, 11) is 2.19. The molecule has 4 aromatic heterocycles. The number of anilines is 1. The molecule has 4 aromatic rings. The van der Waals surface area contributed by atoms with Crippen LogP contribution in [0.1, 0.15) is 51.8 Å². The van der Waals surface area contributed by atoms with Gasteiger partial charge in [-0.05, 0) is 72.1 Å². The predicted octanol–water partition coefficient (Wildman–Crippen LogP) is 5.37. The van der Waals surface area contributed by atoms with Gasteiger partial charge in [-0.1, -0.05) is 11.3 Å². The lowest BCUT2D eigenvalue weighted by molar-refractivity contribution is 0.161. The molecular weight excluding hydrogens is 416 g/mol. The van der Waals surface area contributed by atoms with Crippen molar-refractivity contribution in [3.05, 3.63) is 42.0 Å². The molecule has 0 radical (unpaired) electrons. The lowest BCUT2D eigenvalue weighted by Crippen LogP contribution is -2.61. The molecule has 0 bridgehead atoms.